The second kappa shape index (κ2) is 7.06. The van der Waals surface area contributed by atoms with E-state index in [4.69, 9.17) is 0 Å². The topological polar surface area (TPSA) is 98.3 Å². The van der Waals surface area contributed by atoms with E-state index < -0.39 is 4.92 Å². The van der Waals surface area contributed by atoms with Crippen molar-refractivity contribution >= 4 is 23.4 Å². The minimum absolute atomic E-state index is 0.0157. The first-order valence-corrected chi connectivity index (χ1v) is 8.69. The van der Waals surface area contributed by atoms with E-state index in [-0.39, 0.29) is 29.1 Å². The summed E-state index contributed by atoms with van der Waals surface area (Å²) < 4.78 is 1.28. The van der Waals surface area contributed by atoms with Crippen LogP contribution in [0, 0.1) is 17.0 Å². The van der Waals surface area contributed by atoms with E-state index in [2.05, 4.69) is 4.98 Å². The number of non-ortho nitro benzene ring substituents is 1. The third-order valence-electron chi connectivity index (χ3n) is 3.92. The molecule has 130 valence electrons. The van der Waals surface area contributed by atoms with Gasteiger partial charge in [0.15, 0.2) is 0 Å². The van der Waals surface area contributed by atoms with Gasteiger partial charge >= 0.3 is 0 Å². The van der Waals surface area contributed by atoms with Gasteiger partial charge in [0.2, 0.25) is 5.91 Å². The van der Waals surface area contributed by atoms with Gasteiger partial charge in [0.1, 0.15) is 11.9 Å². The van der Waals surface area contributed by atoms with E-state index in [1.165, 1.54) is 29.1 Å². The molecule has 2 heterocycles. The molecule has 9 heteroatoms. The highest BCUT2D eigenvalue weighted by Gasteiger charge is 2.31. The van der Waals surface area contributed by atoms with Crippen LogP contribution >= 0.6 is 11.8 Å². The molecule has 25 heavy (non-hydrogen) atoms. The van der Waals surface area contributed by atoms with Crippen LogP contribution in [0.1, 0.15) is 16.6 Å². The molecule has 1 fully saturated rings. The van der Waals surface area contributed by atoms with Gasteiger partial charge in [0, 0.05) is 36.2 Å². The van der Waals surface area contributed by atoms with Crippen molar-refractivity contribution in [1.82, 2.24) is 14.5 Å². The number of benzene rings is 1. The van der Waals surface area contributed by atoms with E-state index in [0.717, 1.165) is 11.3 Å². The number of hydrogen-bond donors (Lipinski definition) is 0. The van der Waals surface area contributed by atoms with Crippen LogP contribution in [0.25, 0.3) is 0 Å². The first-order chi connectivity index (χ1) is 12.0. The normalized spacial score (nSPS) is 16.8. The van der Waals surface area contributed by atoms with E-state index in [0.29, 0.717) is 12.2 Å². The van der Waals surface area contributed by atoms with Crippen molar-refractivity contribution < 1.29 is 9.72 Å². The van der Waals surface area contributed by atoms with Crippen LogP contribution in [0.15, 0.2) is 41.5 Å². The summed E-state index contributed by atoms with van der Waals surface area (Å²) in [5.41, 5.74) is 1.19. The summed E-state index contributed by atoms with van der Waals surface area (Å²) in [4.78, 5) is 40.6. The number of nitro benzene ring substituents is 1. The molecule has 0 radical (unpaired) electrons. The van der Waals surface area contributed by atoms with Crippen LogP contribution in [0.5, 0.6) is 0 Å². The van der Waals surface area contributed by atoms with Gasteiger partial charge in [-0.2, -0.15) is 0 Å². The minimum Gasteiger partial charge on any atom is -0.324 e. The largest absolute Gasteiger partial charge is 0.324 e. The molecule has 1 amide bonds. The van der Waals surface area contributed by atoms with Crippen LogP contribution in [0.4, 0.5) is 5.69 Å². The van der Waals surface area contributed by atoms with Gasteiger partial charge in [-0.25, -0.2) is 4.98 Å². The third-order valence-corrected chi connectivity index (χ3v) is 5.18. The Kier molecular flexibility index (Phi) is 4.84. The van der Waals surface area contributed by atoms with Crippen molar-refractivity contribution in [3.8, 4) is 0 Å². The number of aryl methyl sites for hydroxylation is 1. The van der Waals surface area contributed by atoms with Crippen LogP contribution in [0.3, 0.4) is 0 Å². The average Bonchev–Trinajstić information content (AvgIpc) is 3.07. The maximum atomic E-state index is 12.6. The molecule has 0 saturated carbocycles. The van der Waals surface area contributed by atoms with Crippen molar-refractivity contribution in [2.45, 2.75) is 18.8 Å². The van der Waals surface area contributed by atoms with Gasteiger partial charge in [-0.05, 0) is 24.6 Å². The van der Waals surface area contributed by atoms with Crippen LogP contribution in [0.2, 0.25) is 0 Å². The summed E-state index contributed by atoms with van der Waals surface area (Å²) in [6, 6.07) is 7.60. The van der Waals surface area contributed by atoms with Gasteiger partial charge < -0.3 is 4.90 Å². The van der Waals surface area contributed by atoms with Crippen molar-refractivity contribution in [2.24, 2.45) is 0 Å². The molecular weight excluding hydrogens is 344 g/mol. The molecule has 0 spiro atoms. The molecule has 0 bridgehead atoms. The number of aromatic nitrogens is 2. The molecule has 8 nitrogen and oxygen atoms in total. The fraction of sp³-hybridized carbons (Fsp3) is 0.312. The van der Waals surface area contributed by atoms with Crippen molar-refractivity contribution in [1.29, 1.82) is 0 Å². The Labute approximate surface area is 147 Å². The lowest BCUT2D eigenvalue weighted by molar-refractivity contribution is -0.384. The second-order valence-electron chi connectivity index (χ2n) is 5.66. The van der Waals surface area contributed by atoms with E-state index in [1.807, 2.05) is 0 Å². The molecular formula is C16H16N4O4S. The van der Waals surface area contributed by atoms with Crippen molar-refractivity contribution in [3.05, 3.63) is 68.4 Å². The summed E-state index contributed by atoms with van der Waals surface area (Å²) >= 11 is 1.60. The van der Waals surface area contributed by atoms with Crippen molar-refractivity contribution in [2.75, 3.05) is 12.3 Å². The fourth-order valence-electron chi connectivity index (χ4n) is 2.63. The van der Waals surface area contributed by atoms with Gasteiger partial charge in [-0.15, -0.1) is 11.8 Å². The first-order valence-electron chi connectivity index (χ1n) is 7.64. The fourth-order valence-corrected chi connectivity index (χ4v) is 3.91. The number of hydrogen-bond acceptors (Lipinski definition) is 6. The minimum atomic E-state index is -0.453. The number of amides is 1. The number of nitro groups is 1. The SMILES string of the molecule is Cc1cc(=O)n(CC(=O)N2CCSC2c2ccc([N+](=O)[O-])cc2)cn1. The molecule has 1 aromatic carbocycles. The van der Waals surface area contributed by atoms with E-state index in [9.17, 15) is 19.7 Å². The summed E-state index contributed by atoms with van der Waals surface area (Å²) in [5, 5.41) is 10.6. The Morgan fingerprint density at radius 2 is 2.12 bits per heavy atom. The van der Waals surface area contributed by atoms with E-state index >= 15 is 0 Å². The van der Waals surface area contributed by atoms with Crippen LogP contribution < -0.4 is 5.56 Å². The Bertz CT molecular complexity index is 865. The monoisotopic (exact) mass is 360 g/mol. The molecule has 1 atom stereocenters. The lowest BCUT2D eigenvalue weighted by Crippen LogP contribution is -2.36. The Morgan fingerprint density at radius 1 is 1.40 bits per heavy atom. The Morgan fingerprint density at radius 3 is 2.76 bits per heavy atom. The number of carbonyl (C=O) groups is 1. The molecule has 1 aliphatic rings. The molecule has 3 rings (SSSR count). The number of thioether (sulfide) groups is 1. The lowest BCUT2D eigenvalue weighted by Gasteiger charge is -2.24. The number of rotatable bonds is 4. The molecule has 0 N–H and O–H groups in total. The summed E-state index contributed by atoms with van der Waals surface area (Å²) in [6.07, 6.45) is 1.37. The zero-order valence-corrected chi connectivity index (χ0v) is 14.3. The lowest BCUT2D eigenvalue weighted by atomic mass is 10.2. The summed E-state index contributed by atoms with van der Waals surface area (Å²) in [7, 11) is 0. The second-order valence-corrected chi connectivity index (χ2v) is 6.84. The molecule has 0 aliphatic carbocycles. The summed E-state index contributed by atoms with van der Waals surface area (Å²) in [5.74, 6) is 0.593. The molecule has 1 unspecified atom stereocenters. The number of carbonyl (C=O) groups excluding carboxylic acids is 1. The molecule has 1 aromatic heterocycles. The standard InChI is InChI=1S/C16H16N4O4S/c1-11-8-14(21)18(10-17-11)9-15(22)19-6-7-25-16(19)12-2-4-13(5-3-12)20(23)24/h2-5,8,10,16H,6-7,9H2,1H3. The van der Waals surface area contributed by atoms with Crippen LogP contribution in [-0.2, 0) is 11.3 Å². The Balaban J connectivity index is 1.77. The maximum absolute atomic E-state index is 12.6. The zero-order chi connectivity index (χ0) is 18.0. The summed E-state index contributed by atoms with van der Waals surface area (Å²) in [6.45, 7) is 2.21. The van der Waals surface area contributed by atoms with Gasteiger partial charge in [0.05, 0.1) is 11.3 Å². The van der Waals surface area contributed by atoms with E-state index in [1.54, 1.807) is 35.7 Å². The Hall–Kier alpha value is -2.68. The third kappa shape index (κ3) is 3.71. The van der Waals surface area contributed by atoms with Gasteiger partial charge in [-0.3, -0.25) is 24.3 Å². The number of nitrogens with zero attached hydrogens (tertiary/aromatic N) is 4. The highest BCUT2D eigenvalue weighted by Crippen LogP contribution is 2.38. The highest BCUT2D eigenvalue weighted by atomic mass is 32.2. The molecule has 1 aliphatic heterocycles. The van der Waals surface area contributed by atoms with Crippen molar-refractivity contribution in [3.63, 3.8) is 0 Å². The predicted octanol–water partition coefficient (Wildman–Crippen LogP) is 1.73. The molecule has 2 aromatic rings. The quantitative estimate of drug-likeness (QED) is 0.608. The van der Waals surface area contributed by atoms with Crippen LogP contribution in [-0.4, -0.2) is 37.6 Å². The van der Waals surface area contributed by atoms with Gasteiger partial charge in [0.25, 0.3) is 11.2 Å². The highest BCUT2D eigenvalue weighted by molar-refractivity contribution is 7.99. The first kappa shape index (κ1) is 17.2. The maximum Gasteiger partial charge on any atom is 0.269 e. The predicted molar refractivity (Wildman–Crippen MR) is 93.2 cm³/mol. The smallest absolute Gasteiger partial charge is 0.269 e. The average molecular weight is 360 g/mol. The van der Waals surface area contributed by atoms with Gasteiger partial charge in [-0.1, -0.05) is 0 Å². The zero-order valence-electron chi connectivity index (χ0n) is 13.5. The molecule has 1 saturated heterocycles.